The Labute approximate surface area is 153 Å². The van der Waals surface area contributed by atoms with Gasteiger partial charge in [-0.3, -0.25) is 4.79 Å². The molecule has 0 spiro atoms. The molecule has 25 heavy (non-hydrogen) atoms. The highest BCUT2D eigenvalue weighted by Gasteiger charge is 2.27. The second-order valence-electron chi connectivity index (χ2n) is 6.57. The van der Waals surface area contributed by atoms with Crippen LogP contribution in [0.2, 0.25) is 0 Å². The van der Waals surface area contributed by atoms with Gasteiger partial charge >= 0.3 is 6.03 Å². The number of urea groups is 1. The molecule has 1 saturated heterocycles. The minimum Gasteiger partial charge on any atom is -0.464 e. The van der Waals surface area contributed by atoms with Crippen LogP contribution in [0.3, 0.4) is 0 Å². The van der Waals surface area contributed by atoms with Gasteiger partial charge in [-0.25, -0.2) is 4.79 Å². The number of carbonyl (C=O) groups excluding carboxylic acids is 2. The third-order valence-electron chi connectivity index (χ3n) is 4.08. The maximum atomic E-state index is 12.2. The first-order valence-corrected chi connectivity index (χ1v) is 9.73. The zero-order chi connectivity index (χ0) is 18.2. The first-order valence-electron chi connectivity index (χ1n) is 8.58. The van der Waals surface area contributed by atoms with Gasteiger partial charge in [-0.1, -0.05) is 0 Å². The molecule has 2 rings (SSSR count). The van der Waals surface area contributed by atoms with E-state index in [0.717, 1.165) is 42.4 Å². The molecule has 0 bridgehead atoms. The fraction of sp³-hybridized carbons (Fsp3) is 0.647. The molecule has 7 nitrogen and oxygen atoms in total. The number of nitrogens with one attached hydrogen (secondary N) is 1. The summed E-state index contributed by atoms with van der Waals surface area (Å²) in [5, 5.41) is 2.95. The van der Waals surface area contributed by atoms with E-state index in [0.29, 0.717) is 19.6 Å². The van der Waals surface area contributed by atoms with E-state index in [1.54, 1.807) is 16.7 Å². The normalized spacial score (nSPS) is 17.7. The summed E-state index contributed by atoms with van der Waals surface area (Å²) >= 11 is 1.73. The third-order valence-corrected chi connectivity index (χ3v) is 5.06. The zero-order valence-electron chi connectivity index (χ0n) is 15.0. The average molecular weight is 369 g/mol. The molecule has 1 aliphatic heterocycles. The molecule has 0 aromatic carbocycles. The fourth-order valence-electron chi connectivity index (χ4n) is 2.85. The molecule has 0 radical (unpaired) electrons. The van der Waals surface area contributed by atoms with E-state index in [-0.39, 0.29) is 11.8 Å². The number of nitrogens with two attached hydrogens (primary N) is 1. The maximum Gasteiger partial charge on any atom is 0.314 e. The van der Waals surface area contributed by atoms with E-state index in [4.69, 9.17) is 10.2 Å². The molecule has 1 aromatic rings. The van der Waals surface area contributed by atoms with Gasteiger partial charge in [-0.15, -0.1) is 0 Å². The van der Waals surface area contributed by atoms with Crippen LogP contribution in [0.15, 0.2) is 16.5 Å². The SMILES string of the molecule is CN(C)Cc1ccc(CSCCNC(=O)C2CCCN(C(N)=O)C2)o1. The highest BCUT2D eigenvalue weighted by Crippen LogP contribution is 2.17. The molecule has 0 aliphatic carbocycles. The predicted octanol–water partition coefficient (Wildman–Crippen LogP) is 1.48. The van der Waals surface area contributed by atoms with Crippen LogP contribution in [0, 0.1) is 5.92 Å². The van der Waals surface area contributed by atoms with Crippen molar-refractivity contribution in [1.29, 1.82) is 0 Å². The monoisotopic (exact) mass is 368 g/mol. The van der Waals surface area contributed by atoms with Gasteiger partial charge in [0.1, 0.15) is 11.5 Å². The van der Waals surface area contributed by atoms with Crippen molar-refractivity contribution in [2.24, 2.45) is 11.7 Å². The van der Waals surface area contributed by atoms with E-state index in [1.165, 1.54) is 0 Å². The summed E-state index contributed by atoms with van der Waals surface area (Å²) in [5.41, 5.74) is 5.29. The molecule has 3 amide bonds. The van der Waals surface area contributed by atoms with Crippen LogP contribution < -0.4 is 11.1 Å². The van der Waals surface area contributed by atoms with E-state index in [9.17, 15) is 9.59 Å². The Morgan fingerprint density at radius 2 is 2.16 bits per heavy atom. The standard InChI is InChI=1S/C17H28N4O3S/c1-20(2)11-14-5-6-15(24-14)12-25-9-7-19-16(22)13-4-3-8-21(10-13)17(18)23/h5-6,13H,3-4,7-12H2,1-2H3,(H2,18,23)(H,19,22). The second-order valence-corrected chi connectivity index (χ2v) is 7.68. The van der Waals surface area contributed by atoms with Gasteiger partial charge in [0, 0.05) is 25.4 Å². The highest BCUT2D eigenvalue weighted by molar-refractivity contribution is 7.98. The van der Waals surface area contributed by atoms with Gasteiger partial charge in [0.05, 0.1) is 18.2 Å². The molecule has 3 N–H and O–H groups in total. The number of amides is 3. The van der Waals surface area contributed by atoms with Crippen molar-refractivity contribution >= 4 is 23.7 Å². The average Bonchev–Trinajstić information content (AvgIpc) is 3.01. The minimum atomic E-state index is -0.444. The Balaban J connectivity index is 1.61. The van der Waals surface area contributed by atoms with Gasteiger partial charge < -0.3 is 25.3 Å². The summed E-state index contributed by atoms with van der Waals surface area (Å²) in [6, 6.07) is 3.57. The topological polar surface area (TPSA) is 91.8 Å². The number of nitrogens with zero attached hydrogens (tertiary/aromatic N) is 2. The van der Waals surface area contributed by atoms with Gasteiger partial charge in [0.25, 0.3) is 0 Å². The number of hydrogen-bond donors (Lipinski definition) is 2. The molecular weight excluding hydrogens is 340 g/mol. The molecule has 1 unspecified atom stereocenters. The molecule has 1 fully saturated rings. The molecule has 1 atom stereocenters. The molecule has 8 heteroatoms. The lowest BCUT2D eigenvalue weighted by Gasteiger charge is -2.30. The first kappa shape index (κ1) is 19.7. The van der Waals surface area contributed by atoms with E-state index < -0.39 is 6.03 Å². The number of furan rings is 1. The molecule has 2 heterocycles. The summed E-state index contributed by atoms with van der Waals surface area (Å²) in [6.07, 6.45) is 1.63. The van der Waals surface area contributed by atoms with Crippen molar-refractivity contribution in [3.8, 4) is 0 Å². The van der Waals surface area contributed by atoms with Crippen molar-refractivity contribution in [3.63, 3.8) is 0 Å². The lowest BCUT2D eigenvalue weighted by molar-refractivity contribution is -0.126. The van der Waals surface area contributed by atoms with Crippen LogP contribution in [0.5, 0.6) is 0 Å². The molecule has 1 aromatic heterocycles. The van der Waals surface area contributed by atoms with Crippen LogP contribution in [-0.2, 0) is 17.1 Å². The zero-order valence-corrected chi connectivity index (χ0v) is 15.8. The molecular formula is C17H28N4O3S. The Morgan fingerprint density at radius 1 is 1.40 bits per heavy atom. The lowest BCUT2D eigenvalue weighted by atomic mass is 9.97. The van der Waals surface area contributed by atoms with Crippen LogP contribution in [0.1, 0.15) is 24.4 Å². The molecule has 0 saturated carbocycles. The number of rotatable bonds is 8. The van der Waals surface area contributed by atoms with Crippen molar-refractivity contribution in [1.82, 2.24) is 15.1 Å². The van der Waals surface area contributed by atoms with Crippen LogP contribution in [-0.4, -0.2) is 61.2 Å². The van der Waals surface area contributed by atoms with Crippen molar-refractivity contribution < 1.29 is 14.0 Å². The summed E-state index contributed by atoms with van der Waals surface area (Å²) in [4.78, 5) is 27.0. The van der Waals surface area contributed by atoms with Crippen molar-refractivity contribution in [2.75, 3.05) is 39.5 Å². The number of likely N-dealkylation sites (tertiary alicyclic amines) is 1. The summed E-state index contributed by atoms with van der Waals surface area (Å²) in [5.74, 6) is 3.40. The number of thioether (sulfide) groups is 1. The summed E-state index contributed by atoms with van der Waals surface area (Å²) in [7, 11) is 4.02. The lowest BCUT2D eigenvalue weighted by Crippen LogP contribution is -2.47. The van der Waals surface area contributed by atoms with Gasteiger partial charge in [0.2, 0.25) is 5.91 Å². The Morgan fingerprint density at radius 3 is 2.88 bits per heavy atom. The van der Waals surface area contributed by atoms with Gasteiger partial charge in [-0.05, 0) is 39.1 Å². The largest absolute Gasteiger partial charge is 0.464 e. The quantitative estimate of drug-likeness (QED) is 0.678. The molecule has 1 aliphatic rings. The number of carbonyl (C=O) groups is 2. The van der Waals surface area contributed by atoms with Crippen molar-refractivity contribution in [3.05, 3.63) is 23.7 Å². The van der Waals surface area contributed by atoms with E-state index >= 15 is 0 Å². The van der Waals surface area contributed by atoms with Crippen LogP contribution in [0.4, 0.5) is 4.79 Å². The summed E-state index contributed by atoms with van der Waals surface area (Å²) < 4.78 is 5.75. The number of piperidine rings is 1. The number of primary amides is 1. The van der Waals surface area contributed by atoms with Crippen LogP contribution in [0.25, 0.3) is 0 Å². The van der Waals surface area contributed by atoms with E-state index in [1.807, 2.05) is 26.2 Å². The third kappa shape index (κ3) is 6.62. The number of hydrogen-bond acceptors (Lipinski definition) is 5. The second kappa shape index (κ2) is 9.72. The first-order chi connectivity index (χ1) is 12.0. The predicted molar refractivity (Wildman–Crippen MR) is 99.2 cm³/mol. The van der Waals surface area contributed by atoms with Gasteiger partial charge in [-0.2, -0.15) is 11.8 Å². The Hall–Kier alpha value is -1.67. The molecule has 140 valence electrons. The maximum absolute atomic E-state index is 12.2. The van der Waals surface area contributed by atoms with Crippen LogP contribution >= 0.6 is 11.8 Å². The smallest absolute Gasteiger partial charge is 0.314 e. The Bertz CT molecular complexity index is 576. The van der Waals surface area contributed by atoms with Crippen molar-refractivity contribution in [2.45, 2.75) is 25.1 Å². The minimum absolute atomic E-state index is 0.0119. The summed E-state index contributed by atoms with van der Waals surface area (Å²) in [6.45, 7) is 2.48. The Kier molecular flexibility index (Phi) is 7.64. The fourth-order valence-corrected chi connectivity index (χ4v) is 3.60. The van der Waals surface area contributed by atoms with Gasteiger partial charge in [0.15, 0.2) is 0 Å². The highest BCUT2D eigenvalue weighted by atomic mass is 32.2. The van der Waals surface area contributed by atoms with E-state index in [2.05, 4.69) is 10.2 Å².